The fraction of sp³-hybridized carbons (Fsp3) is 0.0435. The molecule has 0 fully saturated rings. The van der Waals surface area contributed by atoms with Crippen LogP contribution in [0, 0.1) is 0 Å². The molecule has 1 atom stereocenters. The van der Waals surface area contributed by atoms with Gasteiger partial charge in [-0.05, 0) is 53.6 Å². The van der Waals surface area contributed by atoms with E-state index in [1.54, 1.807) is 47.1 Å². The SMILES string of the molecule is O=S(=O)(Nc1nc2n(n1)[C@@H](c1ccc(Cl)cc1)C=C(c1ccc(Cl)cc1)N2)c1ccccc1. The molecule has 0 radical (unpaired) electrons. The summed E-state index contributed by atoms with van der Waals surface area (Å²) in [6.07, 6.45) is 1.99. The normalized spacial score (nSPS) is 15.3. The van der Waals surface area contributed by atoms with Crippen LogP contribution in [0.1, 0.15) is 17.2 Å². The van der Waals surface area contributed by atoms with Crippen LogP contribution in [0.2, 0.25) is 10.0 Å². The van der Waals surface area contributed by atoms with Crippen molar-refractivity contribution in [3.05, 3.63) is 106 Å². The number of hydrogen-bond donors (Lipinski definition) is 2. The molecule has 1 aliphatic heterocycles. The molecule has 0 spiro atoms. The van der Waals surface area contributed by atoms with E-state index in [2.05, 4.69) is 20.1 Å². The highest BCUT2D eigenvalue weighted by molar-refractivity contribution is 7.92. The van der Waals surface area contributed by atoms with Crippen molar-refractivity contribution in [1.82, 2.24) is 14.8 Å². The van der Waals surface area contributed by atoms with E-state index in [0.29, 0.717) is 16.0 Å². The molecule has 4 aromatic rings. The standard InChI is InChI=1S/C23H17Cl2N5O2S/c24-17-10-6-15(7-11-17)20-14-21(16-8-12-18(25)13-9-16)30-23(26-20)27-22(28-30)29-33(31,32)19-4-2-1-3-5-19/h1-14,21H,(H2,26,27,28,29)/t21-/m1/s1. The van der Waals surface area contributed by atoms with E-state index in [1.807, 2.05) is 30.3 Å². The predicted molar refractivity (Wildman–Crippen MR) is 130 cm³/mol. The fourth-order valence-electron chi connectivity index (χ4n) is 3.51. The molecule has 2 N–H and O–H groups in total. The first-order valence-corrected chi connectivity index (χ1v) is 12.2. The van der Waals surface area contributed by atoms with Gasteiger partial charge in [-0.15, -0.1) is 5.10 Å². The van der Waals surface area contributed by atoms with Gasteiger partial charge in [0.1, 0.15) is 6.04 Å². The number of benzene rings is 3. The van der Waals surface area contributed by atoms with Crippen molar-refractivity contribution in [1.29, 1.82) is 0 Å². The Hall–Kier alpha value is -3.33. The van der Waals surface area contributed by atoms with Crippen molar-refractivity contribution in [3.63, 3.8) is 0 Å². The highest BCUT2D eigenvalue weighted by Gasteiger charge is 2.27. The van der Waals surface area contributed by atoms with Crippen LogP contribution in [0.5, 0.6) is 0 Å². The first-order chi connectivity index (χ1) is 15.9. The van der Waals surface area contributed by atoms with E-state index in [9.17, 15) is 8.42 Å². The lowest BCUT2D eigenvalue weighted by atomic mass is 10.0. The summed E-state index contributed by atoms with van der Waals surface area (Å²) >= 11 is 12.1. The monoisotopic (exact) mass is 497 g/mol. The summed E-state index contributed by atoms with van der Waals surface area (Å²) < 4.78 is 29.6. The van der Waals surface area contributed by atoms with Gasteiger partial charge in [0, 0.05) is 15.7 Å². The molecule has 0 aliphatic carbocycles. The number of fused-ring (bicyclic) bond motifs is 1. The van der Waals surface area contributed by atoms with Crippen LogP contribution in [0.25, 0.3) is 5.70 Å². The van der Waals surface area contributed by atoms with E-state index in [0.717, 1.165) is 16.8 Å². The second-order valence-corrected chi connectivity index (χ2v) is 9.89. The van der Waals surface area contributed by atoms with Crippen molar-refractivity contribution in [2.45, 2.75) is 10.9 Å². The first-order valence-electron chi connectivity index (χ1n) is 9.94. The van der Waals surface area contributed by atoms with E-state index >= 15 is 0 Å². The number of sulfonamides is 1. The maximum atomic E-state index is 12.8. The highest BCUT2D eigenvalue weighted by Crippen LogP contribution is 2.34. The van der Waals surface area contributed by atoms with Gasteiger partial charge in [-0.25, -0.2) is 17.8 Å². The van der Waals surface area contributed by atoms with Crippen LogP contribution in [0.15, 0.2) is 89.8 Å². The van der Waals surface area contributed by atoms with E-state index in [4.69, 9.17) is 23.2 Å². The van der Waals surface area contributed by atoms with Crippen molar-refractivity contribution in [3.8, 4) is 0 Å². The Morgan fingerprint density at radius 1 is 0.879 bits per heavy atom. The van der Waals surface area contributed by atoms with Gasteiger partial charge in [-0.1, -0.05) is 65.7 Å². The molecule has 7 nitrogen and oxygen atoms in total. The Morgan fingerprint density at radius 3 is 2.18 bits per heavy atom. The lowest BCUT2D eigenvalue weighted by molar-refractivity contribution is 0.598. The molecular formula is C23H17Cl2N5O2S. The summed E-state index contributed by atoms with van der Waals surface area (Å²) in [5, 5.41) is 8.92. The molecule has 5 rings (SSSR count). The Kier molecular flexibility index (Phi) is 5.57. The molecule has 1 aliphatic rings. The first kappa shape index (κ1) is 21.5. The second-order valence-electron chi connectivity index (χ2n) is 7.33. The third kappa shape index (κ3) is 4.45. The zero-order valence-electron chi connectivity index (χ0n) is 17.0. The Labute approximate surface area is 200 Å². The van der Waals surface area contributed by atoms with Crippen LogP contribution in [-0.4, -0.2) is 23.2 Å². The largest absolute Gasteiger partial charge is 0.324 e. The van der Waals surface area contributed by atoms with Crippen LogP contribution in [0.4, 0.5) is 11.9 Å². The van der Waals surface area contributed by atoms with Gasteiger partial charge >= 0.3 is 0 Å². The maximum absolute atomic E-state index is 12.8. The highest BCUT2D eigenvalue weighted by atomic mass is 35.5. The summed E-state index contributed by atoms with van der Waals surface area (Å²) in [7, 11) is -3.84. The van der Waals surface area contributed by atoms with E-state index in [1.165, 1.54) is 12.1 Å². The number of allylic oxidation sites excluding steroid dienone is 1. The Balaban J connectivity index is 1.54. The van der Waals surface area contributed by atoms with Crippen molar-refractivity contribution in [2.75, 3.05) is 10.0 Å². The topological polar surface area (TPSA) is 88.9 Å². The molecule has 0 unspecified atom stereocenters. The van der Waals surface area contributed by atoms with Gasteiger partial charge in [0.25, 0.3) is 16.0 Å². The molecule has 166 valence electrons. The summed E-state index contributed by atoms with van der Waals surface area (Å²) in [4.78, 5) is 4.53. The number of nitrogens with zero attached hydrogens (tertiary/aromatic N) is 3. The number of aromatic nitrogens is 3. The summed E-state index contributed by atoms with van der Waals surface area (Å²) in [6.45, 7) is 0. The van der Waals surface area contributed by atoms with Gasteiger partial charge in [-0.2, -0.15) is 4.98 Å². The zero-order valence-corrected chi connectivity index (χ0v) is 19.3. The van der Waals surface area contributed by atoms with Gasteiger partial charge < -0.3 is 5.32 Å². The van der Waals surface area contributed by atoms with Gasteiger partial charge in [0.15, 0.2) is 0 Å². The summed E-state index contributed by atoms with van der Waals surface area (Å²) in [5.41, 5.74) is 2.61. The van der Waals surface area contributed by atoms with Crippen LogP contribution >= 0.6 is 23.2 Å². The zero-order chi connectivity index (χ0) is 23.0. The smallest absolute Gasteiger partial charge is 0.264 e. The molecule has 0 amide bonds. The lowest BCUT2D eigenvalue weighted by Gasteiger charge is -2.24. The molecule has 10 heteroatoms. The predicted octanol–water partition coefficient (Wildman–Crippen LogP) is 5.44. The fourth-order valence-corrected chi connectivity index (χ4v) is 4.72. The van der Waals surface area contributed by atoms with Gasteiger partial charge in [-0.3, -0.25) is 0 Å². The number of hydrogen-bond acceptors (Lipinski definition) is 5. The second kappa shape index (κ2) is 8.55. The molecule has 1 aromatic heterocycles. The molecule has 0 bridgehead atoms. The minimum Gasteiger partial charge on any atom is -0.324 e. The molecular weight excluding hydrogens is 481 g/mol. The Morgan fingerprint density at radius 2 is 1.52 bits per heavy atom. The lowest BCUT2D eigenvalue weighted by Crippen LogP contribution is -2.20. The van der Waals surface area contributed by atoms with E-state index < -0.39 is 10.0 Å². The molecule has 3 aromatic carbocycles. The van der Waals surface area contributed by atoms with Gasteiger partial charge in [0.05, 0.1) is 4.90 Å². The third-order valence-corrected chi connectivity index (χ3v) is 6.96. The van der Waals surface area contributed by atoms with Crippen molar-refractivity contribution >= 4 is 50.8 Å². The minimum absolute atomic E-state index is 0.0360. The number of nitrogens with one attached hydrogen (secondary N) is 2. The van der Waals surface area contributed by atoms with E-state index in [-0.39, 0.29) is 16.9 Å². The summed E-state index contributed by atoms with van der Waals surface area (Å²) in [5.74, 6) is 0.360. The van der Waals surface area contributed by atoms with Crippen LogP contribution in [-0.2, 0) is 10.0 Å². The summed E-state index contributed by atoms with van der Waals surface area (Å²) in [6, 6.07) is 22.5. The van der Waals surface area contributed by atoms with Crippen LogP contribution in [0.3, 0.4) is 0 Å². The van der Waals surface area contributed by atoms with Crippen LogP contribution < -0.4 is 10.0 Å². The third-order valence-electron chi connectivity index (χ3n) is 5.11. The number of anilines is 2. The molecule has 2 heterocycles. The number of halogens is 2. The average Bonchev–Trinajstić information content (AvgIpc) is 3.22. The Bertz CT molecular complexity index is 1430. The molecule has 33 heavy (non-hydrogen) atoms. The molecule has 0 saturated heterocycles. The quantitative estimate of drug-likeness (QED) is 0.383. The number of rotatable bonds is 5. The minimum atomic E-state index is -3.84. The van der Waals surface area contributed by atoms with Crippen molar-refractivity contribution < 1.29 is 8.42 Å². The van der Waals surface area contributed by atoms with Gasteiger partial charge in [0.2, 0.25) is 5.95 Å². The molecule has 0 saturated carbocycles. The maximum Gasteiger partial charge on any atom is 0.264 e. The van der Waals surface area contributed by atoms with Crippen molar-refractivity contribution in [2.24, 2.45) is 0 Å². The average molecular weight is 498 g/mol.